The van der Waals surface area contributed by atoms with Gasteiger partial charge in [-0.15, -0.1) is 11.3 Å². The molecule has 0 atom stereocenters. The molecule has 84 valence electrons. The number of aromatic nitrogens is 3. The molecule has 0 aliphatic rings. The summed E-state index contributed by atoms with van der Waals surface area (Å²) in [6, 6.07) is 0. The summed E-state index contributed by atoms with van der Waals surface area (Å²) < 4.78 is 0. The van der Waals surface area contributed by atoms with Crippen molar-refractivity contribution >= 4 is 17.2 Å². The van der Waals surface area contributed by atoms with Crippen molar-refractivity contribution in [3.8, 4) is 10.6 Å². The Hall–Kier alpha value is -1.49. The maximum atomic E-state index is 5.85. The minimum absolute atomic E-state index is 0.428. The average molecular weight is 234 g/mol. The number of nitrogen functional groups attached to an aromatic ring is 1. The zero-order chi connectivity index (χ0) is 11.7. The van der Waals surface area contributed by atoms with Crippen LogP contribution in [0.4, 0.5) is 5.82 Å². The molecule has 2 aromatic rings. The van der Waals surface area contributed by atoms with E-state index >= 15 is 0 Å². The van der Waals surface area contributed by atoms with Crippen LogP contribution in [0.2, 0.25) is 0 Å². The number of thiazole rings is 1. The Morgan fingerprint density at radius 1 is 1.31 bits per heavy atom. The minimum atomic E-state index is 0.428. The zero-order valence-corrected chi connectivity index (χ0v) is 10.4. The van der Waals surface area contributed by atoms with E-state index in [9.17, 15) is 0 Å². The topological polar surface area (TPSA) is 64.7 Å². The van der Waals surface area contributed by atoms with Crippen LogP contribution in [-0.4, -0.2) is 15.0 Å². The molecule has 0 aliphatic heterocycles. The van der Waals surface area contributed by atoms with Gasteiger partial charge >= 0.3 is 0 Å². The Morgan fingerprint density at radius 2 is 2.06 bits per heavy atom. The van der Waals surface area contributed by atoms with Crippen LogP contribution in [0.1, 0.15) is 31.3 Å². The van der Waals surface area contributed by atoms with Gasteiger partial charge in [0.05, 0.1) is 11.3 Å². The van der Waals surface area contributed by atoms with E-state index in [1.54, 1.807) is 17.5 Å². The van der Waals surface area contributed by atoms with Gasteiger partial charge in [-0.05, 0) is 12.8 Å². The highest BCUT2D eigenvalue weighted by atomic mass is 32.1. The van der Waals surface area contributed by atoms with Crippen molar-refractivity contribution in [1.82, 2.24) is 15.0 Å². The molecule has 0 aromatic carbocycles. The van der Waals surface area contributed by atoms with E-state index in [2.05, 4.69) is 34.2 Å². The van der Waals surface area contributed by atoms with Gasteiger partial charge in [0, 0.05) is 11.6 Å². The van der Waals surface area contributed by atoms with Gasteiger partial charge in [0.25, 0.3) is 0 Å². The molecule has 0 aliphatic carbocycles. The van der Waals surface area contributed by atoms with Crippen LogP contribution in [-0.2, 0) is 0 Å². The highest BCUT2D eigenvalue weighted by Gasteiger charge is 2.11. The third-order valence-electron chi connectivity index (χ3n) is 2.28. The molecule has 0 fully saturated rings. The summed E-state index contributed by atoms with van der Waals surface area (Å²) in [6.45, 7) is 6.06. The van der Waals surface area contributed by atoms with E-state index in [-0.39, 0.29) is 0 Å². The van der Waals surface area contributed by atoms with Crippen LogP contribution in [0.3, 0.4) is 0 Å². The lowest BCUT2D eigenvalue weighted by molar-refractivity contribution is 0.834. The van der Waals surface area contributed by atoms with Gasteiger partial charge in [0.15, 0.2) is 0 Å². The largest absolute Gasteiger partial charge is 0.383 e. The molecule has 4 nitrogen and oxygen atoms in total. The molecule has 2 heterocycles. The van der Waals surface area contributed by atoms with Crippen molar-refractivity contribution in [2.75, 3.05) is 5.73 Å². The van der Waals surface area contributed by atoms with E-state index in [1.807, 2.05) is 6.92 Å². The van der Waals surface area contributed by atoms with Crippen LogP contribution in [0.15, 0.2) is 11.6 Å². The smallest absolute Gasteiger partial charge is 0.137 e. The minimum Gasteiger partial charge on any atom is -0.383 e. The molecule has 5 heteroatoms. The second-order valence-electron chi connectivity index (χ2n) is 3.95. The Balaban J connectivity index is 2.42. The first-order chi connectivity index (χ1) is 7.58. The Morgan fingerprint density at radius 3 is 2.62 bits per heavy atom. The molecular formula is C11H14N4S. The van der Waals surface area contributed by atoms with Crippen LogP contribution >= 0.6 is 11.3 Å². The summed E-state index contributed by atoms with van der Waals surface area (Å²) in [6.07, 6.45) is 1.74. The zero-order valence-electron chi connectivity index (χ0n) is 9.56. The fourth-order valence-electron chi connectivity index (χ4n) is 1.33. The molecule has 0 saturated heterocycles. The van der Waals surface area contributed by atoms with Crippen molar-refractivity contribution in [1.29, 1.82) is 0 Å². The number of hydrogen-bond acceptors (Lipinski definition) is 5. The Kier molecular flexibility index (Phi) is 2.87. The lowest BCUT2D eigenvalue weighted by Gasteiger charge is -2.01. The van der Waals surface area contributed by atoms with Crippen molar-refractivity contribution in [2.45, 2.75) is 26.7 Å². The number of anilines is 1. The quantitative estimate of drug-likeness (QED) is 0.867. The molecular weight excluding hydrogens is 220 g/mol. The number of aryl methyl sites for hydroxylation is 1. The first-order valence-electron chi connectivity index (χ1n) is 5.13. The second-order valence-corrected chi connectivity index (χ2v) is 4.81. The highest BCUT2D eigenvalue weighted by Crippen LogP contribution is 2.29. The van der Waals surface area contributed by atoms with E-state index in [0.29, 0.717) is 17.6 Å². The van der Waals surface area contributed by atoms with Gasteiger partial charge < -0.3 is 5.73 Å². The van der Waals surface area contributed by atoms with E-state index in [0.717, 1.165) is 16.3 Å². The fraction of sp³-hybridized carbons (Fsp3) is 0.364. The first-order valence-corrected chi connectivity index (χ1v) is 6.01. The van der Waals surface area contributed by atoms with Crippen LogP contribution < -0.4 is 5.73 Å². The van der Waals surface area contributed by atoms with Gasteiger partial charge in [-0.2, -0.15) is 0 Å². The summed E-state index contributed by atoms with van der Waals surface area (Å²) >= 11 is 1.58. The van der Waals surface area contributed by atoms with E-state index in [4.69, 9.17) is 5.73 Å². The third-order valence-corrected chi connectivity index (χ3v) is 3.18. The summed E-state index contributed by atoms with van der Waals surface area (Å²) in [5, 5.41) is 2.94. The van der Waals surface area contributed by atoms with Crippen LogP contribution in [0.25, 0.3) is 10.6 Å². The van der Waals surface area contributed by atoms with Gasteiger partial charge in [-0.25, -0.2) is 15.0 Å². The molecule has 2 N–H and O–H groups in total. The maximum Gasteiger partial charge on any atom is 0.137 e. The molecule has 0 saturated carbocycles. The van der Waals surface area contributed by atoms with Crippen molar-refractivity contribution < 1.29 is 0 Å². The van der Waals surface area contributed by atoms with Gasteiger partial charge in [-0.1, -0.05) is 13.8 Å². The molecule has 2 aromatic heterocycles. The van der Waals surface area contributed by atoms with Crippen molar-refractivity contribution in [3.63, 3.8) is 0 Å². The van der Waals surface area contributed by atoms with E-state index in [1.165, 1.54) is 0 Å². The second kappa shape index (κ2) is 4.17. The maximum absolute atomic E-state index is 5.85. The molecule has 16 heavy (non-hydrogen) atoms. The van der Waals surface area contributed by atoms with Crippen molar-refractivity contribution in [3.05, 3.63) is 23.1 Å². The Labute approximate surface area is 98.6 Å². The molecule has 0 amide bonds. The first kappa shape index (κ1) is 11.0. The number of rotatable bonds is 2. The normalized spacial score (nSPS) is 11.0. The highest BCUT2D eigenvalue weighted by molar-refractivity contribution is 7.13. The number of nitrogens with two attached hydrogens (primary N) is 1. The molecule has 2 rings (SSSR count). The lowest BCUT2D eigenvalue weighted by Crippen LogP contribution is -1.98. The molecule has 0 radical (unpaired) electrons. The van der Waals surface area contributed by atoms with Crippen LogP contribution in [0, 0.1) is 6.92 Å². The average Bonchev–Trinajstić information content (AvgIpc) is 2.66. The summed E-state index contributed by atoms with van der Waals surface area (Å²) in [7, 11) is 0. The fourth-order valence-corrected chi connectivity index (χ4v) is 2.33. The summed E-state index contributed by atoms with van der Waals surface area (Å²) in [4.78, 5) is 12.8. The van der Waals surface area contributed by atoms with Gasteiger partial charge in [0.2, 0.25) is 0 Å². The van der Waals surface area contributed by atoms with Gasteiger partial charge in [-0.3, -0.25) is 0 Å². The van der Waals surface area contributed by atoms with Crippen molar-refractivity contribution in [2.24, 2.45) is 0 Å². The SMILES string of the molecule is Cc1ncc(-c2nc(C(C)C)cs2)c(N)n1. The molecule has 0 bridgehead atoms. The predicted octanol–water partition coefficient (Wildman–Crippen LogP) is 2.61. The molecule has 0 spiro atoms. The monoisotopic (exact) mass is 234 g/mol. The molecule has 0 unspecified atom stereocenters. The Bertz CT molecular complexity index is 504. The van der Waals surface area contributed by atoms with Gasteiger partial charge in [0.1, 0.15) is 16.6 Å². The third kappa shape index (κ3) is 2.04. The number of nitrogens with zero attached hydrogens (tertiary/aromatic N) is 3. The van der Waals surface area contributed by atoms with E-state index < -0.39 is 0 Å². The van der Waals surface area contributed by atoms with Crippen LogP contribution in [0.5, 0.6) is 0 Å². The summed E-state index contributed by atoms with van der Waals surface area (Å²) in [5.41, 5.74) is 7.76. The predicted molar refractivity (Wildman–Crippen MR) is 66.4 cm³/mol. The standard InChI is InChI=1S/C11H14N4S/c1-6(2)9-5-16-11(15-9)8-4-13-7(3)14-10(8)12/h4-6H,1-3H3,(H2,12,13,14). The summed E-state index contributed by atoms with van der Waals surface area (Å²) in [5.74, 6) is 1.61. The lowest BCUT2D eigenvalue weighted by atomic mass is 10.2. The number of hydrogen-bond donors (Lipinski definition) is 1.